The number of ether oxygens (including phenoxy) is 1. The minimum atomic E-state index is -0.311. The average molecular weight is 540 g/mol. The molecule has 0 unspecified atom stereocenters. The minimum Gasteiger partial charge on any atom is -0.497 e. The van der Waals surface area contributed by atoms with Gasteiger partial charge >= 0.3 is 6.03 Å². The molecule has 0 bridgehead atoms. The van der Waals surface area contributed by atoms with E-state index in [0.717, 1.165) is 35.5 Å². The molecule has 2 N–H and O–H groups in total. The Morgan fingerprint density at radius 2 is 1.65 bits per heavy atom. The van der Waals surface area contributed by atoms with E-state index < -0.39 is 0 Å². The van der Waals surface area contributed by atoms with Gasteiger partial charge in [0.05, 0.1) is 18.5 Å². The van der Waals surface area contributed by atoms with Crippen molar-refractivity contribution in [3.05, 3.63) is 90.5 Å². The highest BCUT2D eigenvalue weighted by Crippen LogP contribution is 2.26. The van der Waals surface area contributed by atoms with Crippen LogP contribution in [0.2, 0.25) is 0 Å². The Morgan fingerprint density at radius 1 is 0.950 bits per heavy atom. The molecule has 0 spiro atoms. The molecule has 4 aromatic rings. The van der Waals surface area contributed by atoms with Crippen molar-refractivity contribution in [2.45, 2.75) is 39.5 Å². The summed E-state index contributed by atoms with van der Waals surface area (Å²) in [7, 11) is 1.61. The molecule has 0 atom stereocenters. The van der Waals surface area contributed by atoms with Gasteiger partial charge in [0.1, 0.15) is 18.1 Å². The summed E-state index contributed by atoms with van der Waals surface area (Å²) in [5.74, 6) is 1.33. The van der Waals surface area contributed by atoms with Crippen LogP contribution in [0.4, 0.5) is 16.3 Å². The number of carbonyl (C=O) groups is 2. The summed E-state index contributed by atoms with van der Waals surface area (Å²) in [4.78, 5) is 28.0. The highest BCUT2D eigenvalue weighted by Gasteiger charge is 2.20. The summed E-state index contributed by atoms with van der Waals surface area (Å²) >= 11 is 0. The van der Waals surface area contributed by atoms with Crippen LogP contribution in [0.25, 0.3) is 16.9 Å². The van der Waals surface area contributed by atoms with Gasteiger partial charge in [-0.3, -0.25) is 4.79 Å². The van der Waals surface area contributed by atoms with Crippen molar-refractivity contribution < 1.29 is 14.3 Å². The summed E-state index contributed by atoms with van der Waals surface area (Å²) in [5.41, 5.74) is 4.31. The molecular formula is C32H37N5O3. The van der Waals surface area contributed by atoms with Gasteiger partial charge in [-0.05, 0) is 54.3 Å². The van der Waals surface area contributed by atoms with E-state index in [1.54, 1.807) is 16.7 Å². The molecule has 208 valence electrons. The second-order valence-electron chi connectivity index (χ2n) is 9.92. The maximum absolute atomic E-state index is 13.3. The topological polar surface area (TPSA) is 88.5 Å². The van der Waals surface area contributed by atoms with E-state index in [0.29, 0.717) is 24.0 Å². The molecule has 40 heavy (non-hydrogen) atoms. The third-order valence-corrected chi connectivity index (χ3v) is 6.60. The van der Waals surface area contributed by atoms with Crippen molar-refractivity contribution in [1.82, 2.24) is 14.7 Å². The maximum Gasteiger partial charge on any atom is 0.322 e. The molecule has 0 radical (unpaired) electrons. The van der Waals surface area contributed by atoms with E-state index in [4.69, 9.17) is 9.84 Å². The predicted molar refractivity (Wildman–Crippen MR) is 160 cm³/mol. The first-order chi connectivity index (χ1) is 19.4. The van der Waals surface area contributed by atoms with E-state index in [-0.39, 0.29) is 18.5 Å². The van der Waals surface area contributed by atoms with Gasteiger partial charge in [0.15, 0.2) is 0 Å². The third kappa shape index (κ3) is 7.28. The third-order valence-electron chi connectivity index (χ3n) is 6.60. The molecule has 1 aromatic heterocycles. The number of urea groups is 1. The van der Waals surface area contributed by atoms with Crippen LogP contribution in [-0.4, -0.2) is 46.8 Å². The number of unbranched alkanes of at least 4 members (excludes halogenated alkanes) is 1. The fourth-order valence-corrected chi connectivity index (χ4v) is 4.25. The van der Waals surface area contributed by atoms with Gasteiger partial charge in [-0.15, -0.1) is 0 Å². The molecule has 0 aliphatic rings. The molecule has 8 heteroatoms. The van der Waals surface area contributed by atoms with Crippen molar-refractivity contribution in [3.8, 4) is 22.7 Å². The number of nitrogens with one attached hydrogen (secondary N) is 2. The van der Waals surface area contributed by atoms with Crippen molar-refractivity contribution in [2.75, 3.05) is 30.8 Å². The van der Waals surface area contributed by atoms with E-state index in [1.165, 1.54) is 5.56 Å². The normalized spacial score (nSPS) is 10.8. The van der Waals surface area contributed by atoms with Gasteiger partial charge in [0.25, 0.3) is 0 Å². The van der Waals surface area contributed by atoms with Gasteiger partial charge in [0, 0.05) is 23.9 Å². The lowest BCUT2D eigenvalue weighted by molar-refractivity contribution is -0.116. The predicted octanol–water partition coefficient (Wildman–Crippen LogP) is 6.94. The highest BCUT2D eigenvalue weighted by atomic mass is 16.5. The van der Waals surface area contributed by atoms with Gasteiger partial charge in [0.2, 0.25) is 5.91 Å². The van der Waals surface area contributed by atoms with Crippen molar-refractivity contribution in [3.63, 3.8) is 0 Å². The standard InChI is InChI=1S/C32H37N5O3/c1-5-6-20-36(32(39)33-26-14-12-24(13-15-26)23(2)3)22-31(38)34-30-21-29(25-10-8-7-9-11-25)35-37(30)27-16-18-28(40-4)19-17-27/h7-19,21,23H,5-6,20,22H2,1-4H3,(H,33,39)(H,34,38). The van der Waals surface area contributed by atoms with Crippen LogP contribution in [0, 0.1) is 0 Å². The van der Waals surface area contributed by atoms with Crippen LogP contribution in [0.3, 0.4) is 0 Å². The number of amides is 3. The van der Waals surface area contributed by atoms with Crippen molar-refractivity contribution in [1.29, 1.82) is 0 Å². The van der Waals surface area contributed by atoms with Gasteiger partial charge in [-0.1, -0.05) is 69.7 Å². The average Bonchev–Trinajstić information content (AvgIpc) is 3.39. The number of rotatable bonds is 11. The quantitative estimate of drug-likeness (QED) is 0.216. The molecule has 3 aromatic carbocycles. The number of carbonyl (C=O) groups excluding carboxylic acids is 2. The summed E-state index contributed by atoms with van der Waals surface area (Å²) in [6.07, 6.45) is 1.69. The second kappa shape index (κ2) is 13.5. The summed E-state index contributed by atoms with van der Waals surface area (Å²) in [6, 6.07) is 26.5. The van der Waals surface area contributed by atoms with E-state index >= 15 is 0 Å². The van der Waals surface area contributed by atoms with Gasteiger partial charge in [-0.25, -0.2) is 9.48 Å². The number of nitrogens with zero attached hydrogens (tertiary/aromatic N) is 3. The highest BCUT2D eigenvalue weighted by molar-refractivity contribution is 5.97. The zero-order chi connectivity index (χ0) is 28.5. The fourth-order valence-electron chi connectivity index (χ4n) is 4.25. The van der Waals surface area contributed by atoms with Crippen molar-refractivity contribution in [2.24, 2.45) is 0 Å². The Balaban J connectivity index is 1.53. The lowest BCUT2D eigenvalue weighted by atomic mass is 10.0. The lowest BCUT2D eigenvalue weighted by Gasteiger charge is -2.23. The Hall–Kier alpha value is -4.59. The number of methoxy groups -OCH3 is 1. The Bertz CT molecular complexity index is 1400. The first kappa shape index (κ1) is 28.4. The number of benzene rings is 3. The first-order valence-corrected chi connectivity index (χ1v) is 13.6. The number of aromatic nitrogens is 2. The summed E-state index contributed by atoms with van der Waals surface area (Å²) in [6.45, 7) is 6.68. The smallest absolute Gasteiger partial charge is 0.322 e. The maximum atomic E-state index is 13.3. The van der Waals surface area contributed by atoms with Gasteiger partial charge in [-0.2, -0.15) is 5.10 Å². The number of hydrogen-bond acceptors (Lipinski definition) is 4. The molecule has 4 rings (SSSR count). The second-order valence-corrected chi connectivity index (χ2v) is 9.92. The molecule has 0 aliphatic heterocycles. The summed E-state index contributed by atoms with van der Waals surface area (Å²) in [5, 5.41) is 10.7. The zero-order valence-corrected chi connectivity index (χ0v) is 23.6. The first-order valence-electron chi connectivity index (χ1n) is 13.6. The molecule has 0 fully saturated rings. The molecule has 0 saturated heterocycles. The van der Waals surface area contributed by atoms with Gasteiger partial charge < -0.3 is 20.3 Å². The lowest BCUT2D eigenvalue weighted by Crippen LogP contribution is -2.41. The molecule has 0 aliphatic carbocycles. The van der Waals surface area contributed by atoms with Crippen LogP contribution in [-0.2, 0) is 4.79 Å². The van der Waals surface area contributed by atoms with E-state index in [9.17, 15) is 9.59 Å². The van der Waals surface area contributed by atoms with Crippen LogP contribution in [0.5, 0.6) is 5.75 Å². The van der Waals surface area contributed by atoms with Crippen LogP contribution in [0.1, 0.15) is 45.1 Å². The van der Waals surface area contributed by atoms with E-state index in [1.807, 2.05) is 84.9 Å². The zero-order valence-electron chi connectivity index (χ0n) is 23.6. The number of hydrogen-bond donors (Lipinski definition) is 2. The molecule has 0 saturated carbocycles. The Kier molecular flexibility index (Phi) is 9.57. The Morgan fingerprint density at radius 3 is 2.27 bits per heavy atom. The SMILES string of the molecule is CCCCN(CC(=O)Nc1cc(-c2ccccc2)nn1-c1ccc(OC)cc1)C(=O)Nc1ccc(C(C)C)cc1. The number of anilines is 2. The monoisotopic (exact) mass is 539 g/mol. The molecular weight excluding hydrogens is 502 g/mol. The molecule has 8 nitrogen and oxygen atoms in total. The molecule has 3 amide bonds. The fraction of sp³-hybridized carbons (Fsp3) is 0.281. The van der Waals surface area contributed by atoms with Crippen LogP contribution >= 0.6 is 0 Å². The minimum absolute atomic E-state index is 0.0929. The van der Waals surface area contributed by atoms with E-state index in [2.05, 4.69) is 31.4 Å². The summed E-state index contributed by atoms with van der Waals surface area (Å²) < 4.78 is 6.98. The molecule has 1 heterocycles. The van der Waals surface area contributed by atoms with Crippen LogP contribution < -0.4 is 15.4 Å². The Labute approximate surface area is 236 Å². The largest absolute Gasteiger partial charge is 0.497 e. The van der Waals surface area contributed by atoms with Crippen LogP contribution in [0.15, 0.2) is 84.9 Å². The van der Waals surface area contributed by atoms with Crippen molar-refractivity contribution >= 4 is 23.4 Å².